The fourth-order valence-corrected chi connectivity index (χ4v) is 5.46. The number of non-ortho nitro benzene ring substituents is 1. The minimum absolute atomic E-state index is 0.00805. The van der Waals surface area contributed by atoms with Gasteiger partial charge in [-0.05, 0) is 61.2 Å². The van der Waals surface area contributed by atoms with Crippen LogP contribution in [-0.4, -0.2) is 40.7 Å². The number of nitrogens with zero attached hydrogens (tertiary/aromatic N) is 3. The third kappa shape index (κ3) is 4.27. The molecule has 2 aromatic rings. The summed E-state index contributed by atoms with van der Waals surface area (Å²) in [5, 5.41) is 10.6. The van der Waals surface area contributed by atoms with Crippen LogP contribution in [0.25, 0.3) is 6.08 Å². The second-order valence-corrected chi connectivity index (χ2v) is 10.3. The molecule has 4 rings (SSSR count). The lowest BCUT2D eigenvalue weighted by atomic mass is 9.80. The van der Waals surface area contributed by atoms with Gasteiger partial charge in [0.25, 0.3) is 16.8 Å². The smallest absolute Gasteiger partial charge is 0.293 e. The number of nitro groups is 1. The van der Waals surface area contributed by atoms with Gasteiger partial charge in [-0.25, -0.2) is 0 Å². The van der Waals surface area contributed by atoms with Crippen molar-refractivity contribution in [1.82, 2.24) is 4.90 Å². The van der Waals surface area contributed by atoms with Gasteiger partial charge in [0.05, 0.1) is 23.5 Å². The number of nitro benzene ring substituents is 1. The quantitative estimate of drug-likeness (QED) is 0.313. The first-order chi connectivity index (χ1) is 16.0. The van der Waals surface area contributed by atoms with Crippen molar-refractivity contribution in [3.8, 4) is 5.75 Å². The van der Waals surface area contributed by atoms with Crippen LogP contribution in [0.15, 0.2) is 41.3 Å². The first kappa shape index (κ1) is 23.8. The van der Waals surface area contributed by atoms with Gasteiger partial charge < -0.3 is 9.64 Å². The molecule has 0 saturated carbocycles. The van der Waals surface area contributed by atoms with E-state index < -0.39 is 16.1 Å². The Morgan fingerprint density at radius 3 is 2.68 bits per heavy atom. The Morgan fingerprint density at radius 2 is 2.00 bits per heavy atom. The van der Waals surface area contributed by atoms with Crippen LogP contribution in [0.5, 0.6) is 5.75 Å². The van der Waals surface area contributed by atoms with E-state index in [-0.39, 0.29) is 17.8 Å². The molecule has 0 spiro atoms. The molecule has 0 N–H and O–H groups in total. The zero-order chi connectivity index (χ0) is 24.8. The van der Waals surface area contributed by atoms with Crippen molar-refractivity contribution < 1.29 is 19.2 Å². The van der Waals surface area contributed by atoms with E-state index in [1.165, 1.54) is 17.7 Å². The number of anilines is 1. The highest BCUT2D eigenvalue weighted by Crippen LogP contribution is 2.46. The molecule has 1 unspecified atom stereocenters. The number of imide groups is 1. The summed E-state index contributed by atoms with van der Waals surface area (Å²) in [6.07, 6.45) is 2.69. The number of amides is 2. The Labute approximate surface area is 202 Å². The van der Waals surface area contributed by atoms with Crippen LogP contribution in [0.2, 0.25) is 0 Å². The van der Waals surface area contributed by atoms with Crippen molar-refractivity contribution in [3.63, 3.8) is 0 Å². The number of thioether (sulfide) groups is 1. The highest BCUT2D eigenvalue weighted by molar-refractivity contribution is 8.18. The predicted octanol–water partition coefficient (Wildman–Crippen LogP) is 5.56. The maximum Gasteiger partial charge on any atom is 0.293 e. The lowest BCUT2D eigenvalue weighted by Crippen LogP contribution is -2.45. The SMILES string of the molecule is COc1cc2c(cc1/C=C1/SC(=O)N(Cc3cccc([N+](=O)[O-])c3)C1=O)C(C)CC(C)(C)N2C. The van der Waals surface area contributed by atoms with E-state index in [2.05, 4.69) is 32.7 Å². The number of hydrogen-bond acceptors (Lipinski definition) is 7. The summed E-state index contributed by atoms with van der Waals surface area (Å²) in [6.45, 7) is 6.59. The summed E-state index contributed by atoms with van der Waals surface area (Å²) in [5.41, 5.74) is 3.45. The van der Waals surface area contributed by atoms with E-state index in [9.17, 15) is 19.7 Å². The van der Waals surface area contributed by atoms with Crippen molar-refractivity contribution in [2.24, 2.45) is 0 Å². The molecule has 1 atom stereocenters. The van der Waals surface area contributed by atoms with Crippen LogP contribution in [0.4, 0.5) is 16.2 Å². The molecule has 178 valence electrons. The molecule has 2 aliphatic rings. The minimum atomic E-state index is -0.501. The van der Waals surface area contributed by atoms with Crippen LogP contribution in [0.1, 0.15) is 49.8 Å². The second kappa shape index (κ2) is 8.79. The highest BCUT2D eigenvalue weighted by atomic mass is 32.2. The number of carbonyl (C=O) groups is 2. The summed E-state index contributed by atoms with van der Waals surface area (Å²) < 4.78 is 5.64. The van der Waals surface area contributed by atoms with Crippen molar-refractivity contribution >= 4 is 40.4 Å². The summed E-state index contributed by atoms with van der Waals surface area (Å²) in [5.74, 6) is 0.525. The van der Waals surface area contributed by atoms with Gasteiger partial charge in [-0.2, -0.15) is 0 Å². The molecule has 0 aliphatic carbocycles. The Balaban J connectivity index is 1.65. The monoisotopic (exact) mass is 481 g/mol. The van der Waals surface area contributed by atoms with Crippen LogP contribution in [0, 0.1) is 10.1 Å². The molecule has 34 heavy (non-hydrogen) atoms. The third-order valence-electron chi connectivity index (χ3n) is 6.61. The van der Waals surface area contributed by atoms with E-state index in [1.807, 2.05) is 12.1 Å². The number of rotatable bonds is 5. The normalized spacial score (nSPS) is 20.6. The molecule has 0 aromatic heterocycles. The average Bonchev–Trinajstić information content (AvgIpc) is 3.04. The summed E-state index contributed by atoms with van der Waals surface area (Å²) >= 11 is 0.863. The molecule has 2 amide bonds. The average molecular weight is 482 g/mol. The lowest BCUT2D eigenvalue weighted by molar-refractivity contribution is -0.384. The zero-order valence-electron chi connectivity index (χ0n) is 19.8. The highest BCUT2D eigenvalue weighted by Gasteiger charge is 2.37. The van der Waals surface area contributed by atoms with E-state index in [1.54, 1.807) is 25.3 Å². The summed E-state index contributed by atoms with van der Waals surface area (Å²) in [6, 6.07) is 9.98. The Hall–Kier alpha value is -3.33. The first-order valence-electron chi connectivity index (χ1n) is 11.0. The van der Waals surface area contributed by atoms with E-state index in [0.29, 0.717) is 22.1 Å². The Morgan fingerprint density at radius 1 is 1.26 bits per heavy atom. The number of benzene rings is 2. The van der Waals surface area contributed by atoms with Crippen molar-refractivity contribution in [3.05, 3.63) is 68.1 Å². The topological polar surface area (TPSA) is 93.0 Å². The number of fused-ring (bicyclic) bond motifs is 1. The van der Waals surface area contributed by atoms with Crippen molar-refractivity contribution in [2.75, 3.05) is 19.1 Å². The second-order valence-electron chi connectivity index (χ2n) is 9.32. The van der Waals surface area contributed by atoms with Crippen LogP contribution >= 0.6 is 11.8 Å². The van der Waals surface area contributed by atoms with Gasteiger partial charge in [0.15, 0.2) is 0 Å². The molecule has 1 fully saturated rings. The number of ether oxygens (including phenoxy) is 1. The Bertz CT molecular complexity index is 1220. The standard InChI is InChI=1S/C25H27N3O5S/c1-15-13-25(2,3)26(4)20-12-21(33-5)17(10-19(15)20)11-22-23(29)27(24(30)34-22)14-16-7-6-8-18(9-16)28(31)32/h6-12,15H,13-14H2,1-5H3/b22-11+. The first-order valence-corrected chi connectivity index (χ1v) is 11.8. The minimum Gasteiger partial charge on any atom is -0.496 e. The van der Waals surface area contributed by atoms with Gasteiger partial charge in [0.1, 0.15) is 5.75 Å². The largest absolute Gasteiger partial charge is 0.496 e. The predicted molar refractivity (Wildman–Crippen MR) is 133 cm³/mol. The van der Waals surface area contributed by atoms with E-state index in [0.717, 1.165) is 34.3 Å². The van der Waals surface area contributed by atoms with Gasteiger partial charge in [-0.15, -0.1) is 0 Å². The van der Waals surface area contributed by atoms with Crippen molar-refractivity contribution in [1.29, 1.82) is 0 Å². The molecule has 0 bridgehead atoms. The maximum atomic E-state index is 13.1. The lowest BCUT2D eigenvalue weighted by Gasteiger charge is -2.45. The van der Waals surface area contributed by atoms with Gasteiger partial charge in [-0.3, -0.25) is 24.6 Å². The molecular weight excluding hydrogens is 454 g/mol. The van der Waals surface area contributed by atoms with E-state index in [4.69, 9.17) is 4.74 Å². The zero-order valence-corrected chi connectivity index (χ0v) is 20.6. The van der Waals surface area contributed by atoms with Crippen LogP contribution in [0.3, 0.4) is 0 Å². The summed E-state index contributed by atoms with van der Waals surface area (Å²) in [4.78, 5) is 39.9. The van der Waals surface area contributed by atoms with Crippen LogP contribution < -0.4 is 9.64 Å². The molecular formula is C25H27N3O5S. The molecule has 8 nitrogen and oxygen atoms in total. The Kier molecular flexibility index (Phi) is 6.16. The number of hydrogen-bond donors (Lipinski definition) is 0. The molecule has 2 heterocycles. The maximum absolute atomic E-state index is 13.1. The summed E-state index contributed by atoms with van der Waals surface area (Å²) in [7, 11) is 3.66. The van der Waals surface area contributed by atoms with Crippen LogP contribution in [-0.2, 0) is 11.3 Å². The molecule has 1 saturated heterocycles. The van der Waals surface area contributed by atoms with Gasteiger partial charge >= 0.3 is 0 Å². The molecule has 9 heteroatoms. The molecule has 2 aromatic carbocycles. The molecule has 0 radical (unpaired) electrons. The number of carbonyl (C=O) groups excluding carboxylic acids is 2. The van der Waals surface area contributed by atoms with Crippen molar-refractivity contribution in [2.45, 2.75) is 45.2 Å². The van der Waals surface area contributed by atoms with Gasteiger partial charge in [0.2, 0.25) is 0 Å². The third-order valence-corrected chi connectivity index (χ3v) is 7.51. The fourth-order valence-electron chi connectivity index (χ4n) is 4.63. The van der Waals surface area contributed by atoms with Gasteiger partial charge in [-0.1, -0.05) is 19.1 Å². The fraction of sp³-hybridized carbons (Fsp3) is 0.360. The van der Waals surface area contributed by atoms with Gasteiger partial charge in [0, 0.05) is 42.0 Å². The van der Waals surface area contributed by atoms with E-state index >= 15 is 0 Å². The molecule has 2 aliphatic heterocycles. The number of methoxy groups -OCH3 is 1.